The van der Waals surface area contributed by atoms with Gasteiger partial charge in [0.25, 0.3) is 0 Å². The molecule has 1 saturated heterocycles. The molecule has 3 rings (SSSR count). The van der Waals surface area contributed by atoms with E-state index in [4.69, 9.17) is 4.74 Å². The number of nitrogens with one attached hydrogen (secondary N) is 2. The molecule has 0 spiro atoms. The Labute approximate surface area is 200 Å². The normalized spacial score (nSPS) is 20.2. The SMILES string of the molecule is CC1CC(C)CN(Cc2ccccc2CNCc2ccc(OCC(O)CNC(C)C)cc2)C1. The van der Waals surface area contributed by atoms with E-state index >= 15 is 0 Å². The van der Waals surface area contributed by atoms with Crippen LogP contribution in [0.25, 0.3) is 0 Å². The maximum absolute atomic E-state index is 9.99. The molecule has 0 amide bonds. The van der Waals surface area contributed by atoms with Gasteiger partial charge in [-0.2, -0.15) is 0 Å². The third-order valence-electron chi connectivity index (χ3n) is 6.23. The number of benzene rings is 2. The summed E-state index contributed by atoms with van der Waals surface area (Å²) in [5, 5.41) is 16.8. The van der Waals surface area contributed by atoms with Crippen LogP contribution in [0.2, 0.25) is 0 Å². The molecule has 1 aliphatic rings. The molecule has 5 heteroatoms. The molecular weight excluding hydrogens is 410 g/mol. The fourth-order valence-corrected chi connectivity index (χ4v) is 4.71. The van der Waals surface area contributed by atoms with Gasteiger partial charge in [-0.15, -0.1) is 0 Å². The first-order valence-electron chi connectivity index (χ1n) is 12.5. The van der Waals surface area contributed by atoms with E-state index in [1.807, 2.05) is 12.1 Å². The van der Waals surface area contributed by atoms with E-state index in [0.29, 0.717) is 19.2 Å². The number of rotatable bonds is 12. The van der Waals surface area contributed by atoms with Crippen molar-refractivity contribution >= 4 is 0 Å². The van der Waals surface area contributed by atoms with Crippen molar-refractivity contribution in [3.05, 3.63) is 65.2 Å². The molecule has 0 bridgehead atoms. The summed E-state index contributed by atoms with van der Waals surface area (Å²) in [4.78, 5) is 2.62. The molecule has 182 valence electrons. The molecule has 1 fully saturated rings. The van der Waals surface area contributed by atoms with Crippen LogP contribution < -0.4 is 15.4 Å². The van der Waals surface area contributed by atoms with Crippen LogP contribution in [0.4, 0.5) is 0 Å². The second-order valence-corrected chi connectivity index (χ2v) is 10.2. The van der Waals surface area contributed by atoms with Gasteiger partial charge in [-0.25, -0.2) is 0 Å². The lowest BCUT2D eigenvalue weighted by Gasteiger charge is -2.35. The molecule has 0 saturated carbocycles. The number of hydrogen-bond donors (Lipinski definition) is 3. The van der Waals surface area contributed by atoms with Gasteiger partial charge in [0.15, 0.2) is 0 Å². The average molecular weight is 454 g/mol. The van der Waals surface area contributed by atoms with Crippen molar-refractivity contribution in [3.8, 4) is 5.75 Å². The lowest BCUT2D eigenvalue weighted by Crippen LogP contribution is -2.38. The summed E-state index contributed by atoms with van der Waals surface area (Å²) in [6, 6.07) is 17.3. The van der Waals surface area contributed by atoms with Gasteiger partial charge in [-0.3, -0.25) is 4.90 Å². The van der Waals surface area contributed by atoms with Gasteiger partial charge in [-0.1, -0.05) is 64.1 Å². The molecule has 0 aliphatic carbocycles. The smallest absolute Gasteiger partial charge is 0.119 e. The van der Waals surface area contributed by atoms with Crippen LogP contribution in [0, 0.1) is 11.8 Å². The van der Waals surface area contributed by atoms with Crippen LogP contribution in [-0.2, 0) is 19.6 Å². The summed E-state index contributed by atoms with van der Waals surface area (Å²) in [5.74, 6) is 2.36. The highest BCUT2D eigenvalue weighted by Crippen LogP contribution is 2.23. The maximum atomic E-state index is 9.99. The topological polar surface area (TPSA) is 56.8 Å². The highest BCUT2D eigenvalue weighted by molar-refractivity contribution is 5.29. The van der Waals surface area contributed by atoms with Crippen molar-refractivity contribution < 1.29 is 9.84 Å². The zero-order valence-electron chi connectivity index (χ0n) is 20.9. The highest BCUT2D eigenvalue weighted by Gasteiger charge is 2.22. The third kappa shape index (κ3) is 9.09. The summed E-state index contributed by atoms with van der Waals surface area (Å²) in [6.07, 6.45) is 0.838. The van der Waals surface area contributed by atoms with E-state index in [-0.39, 0.29) is 0 Å². The molecule has 3 unspecified atom stereocenters. The van der Waals surface area contributed by atoms with Crippen LogP contribution in [0.5, 0.6) is 5.75 Å². The van der Waals surface area contributed by atoms with E-state index in [1.165, 1.54) is 36.2 Å². The Morgan fingerprint density at radius 1 is 0.970 bits per heavy atom. The van der Waals surface area contributed by atoms with Crippen molar-refractivity contribution in [2.24, 2.45) is 11.8 Å². The molecule has 2 aromatic rings. The van der Waals surface area contributed by atoms with Crippen LogP contribution in [0.3, 0.4) is 0 Å². The molecule has 1 aliphatic heterocycles. The number of hydrogen-bond acceptors (Lipinski definition) is 5. The van der Waals surface area contributed by atoms with Crippen molar-refractivity contribution in [2.45, 2.75) is 65.9 Å². The minimum atomic E-state index is -0.509. The van der Waals surface area contributed by atoms with Crippen LogP contribution in [0.1, 0.15) is 50.8 Å². The van der Waals surface area contributed by atoms with Gasteiger partial charge in [0.2, 0.25) is 0 Å². The number of piperidine rings is 1. The van der Waals surface area contributed by atoms with E-state index in [2.05, 4.69) is 79.6 Å². The van der Waals surface area contributed by atoms with E-state index < -0.39 is 6.10 Å². The van der Waals surface area contributed by atoms with Crippen molar-refractivity contribution in [3.63, 3.8) is 0 Å². The van der Waals surface area contributed by atoms with E-state index in [0.717, 1.165) is 37.2 Å². The minimum absolute atomic E-state index is 0.294. The third-order valence-corrected chi connectivity index (χ3v) is 6.23. The van der Waals surface area contributed by atoms with Crippen LogP contribution in [0.15, 0.2) is 48.5 Å². The quantitative estimate of drug-likeness (QED) is 0.450. The number of aliphatic hydroxyl groups excluding tert-OH is 1. The molecule has 3 atom stereocenters. The molecule has 2 aromatic carbocycles. The second-order valence-electron chi connectivity index (χ2n) is 10.2. The van der Waals surface area contributed by atoms with Gasteiger partial charge >= 0.3 is 0 Å². The Balaban J connectivity index is 1.44. The first-order chi connectivity index (χ1) is 15.9. The van der Waals surface area contributed by atoms with Crippen LogP contribution in [-0.4, -0.2) is 48.4 Å². The van der Waals surface area contributed by atoms with Gasteiger partial charge in [-0.05, 0) is 47.1 Å². The summed E-state index contributed by atoms with van der Waals surface area (Å²) < 4.78 is 5.72. The second kappa shape index (κ2) is 13.1. The molecule has 3 N–H and O–H groups in total. The Bertz CT molecular complexity index is 814. The summed E-state index contributed by atoms with van der Waals surface area (Å²) in [7, 11) is 0. The Morgan fingerprint density at radius 2 is 1.64 bits per heavy atom. The van der Waals surface area contributed by atoms with E-state index in [9.17, 15) is 5.11 Å². The molecule has 0 aromatic heterocycles. The zero-order chi connectivity index (χ0) is 23.6. The van der Waals surface area contributed by atoms with E-state index in [1.54, 1.807) is 0 Å². The van der Waals surface area contributed by atoms with Crippen LogP contribution >= 0.6 is 0 Å². The first kappa shape index (κ1) is 25.7. The van der Waals surface area contributed by atoms with Gasteiger partial charge < -0.3 is 20.5 Å². The van der Waals surface area contributed by atoms with Crippen molar-refractivity contribution in [1.82, 2.24) is 15.5 Å². The molecule has 5 nitrogen and oxygen atoms in total. The number of likely N-dealkylation sites (tertiary alicyclic amines) is 1. The van der Waals surface area contributed by atoms with Crippen molar-refractivity contribution in [2.75, 3.05) is 26.2 Å². The largest absolute Gasteiger partial charge is 0.491 e. The minimum Gasteiger partial charge on any atom is -0.491 e. The fraction of sp³-hybridized carbons (Fsp3) is 0.571. The standard InChI is InChI=1S/C28H43N3O2/c1-21(2)30-16-27(32)20-33-28-11-9-24(10-12-28)14-29-15-25-7-5-6-8-26(25)19-31-17-22(3)13-23(4)18-31/h5-12,21-23,27,29-30,32H,13-20H2,1-4H3. The highest BCUT2D eigenvalue weighted by atomic mass is 16.5. The Hall–Kier alpha value is -1.92. The summed E-state index contributed by atoms with van der Waals surface area (Å²) in [6.45, 7) is 14.8. The predicted molar refractivity (Wildman–Crippen MR) is 136 cm³/mol. The molecule has 0 radical (unpaired) electrons. The fourth-order valence-electron chi connectivity index (χ4n) is 4.71. The zero-order valence-corrected chi connectivity index (χ0v) is 20.9. The number of aliphatic hydroxyl groups is 1. The Kier molecular flexibility index (Phi) is 10.2. The number of ether oxygens (including phenoxy) is 1. The Morgan fingerprint density at radius 3 is 2.30 bits per heavy atom. The maximum Gasteiger partial charge on any atom is 0.119 e. The average Bonchev–Trinajstić information content (AvgIpc) is 2.77. The molecule has 33 heavy (non-hydrogen) atoms. The lowest BCUT2D eigenvalue weighted by molar-refractivity contribution is 0.104. The molecule has 1 heterocycles. The lowest BCUT2D eigenvalue weighted by atomic mass is 9.91. The summed E-state index contributed by atoms with van der Waals surface area (Å²) >= 11 is 0. The van der Waals surface area contributed by atoms with Crippen molar-refractivity contribution in [1.29, 1.82) is 0 Å². The molecular formula is C28H43N3O2. The van der Waals surface area contributed by atoms with Gasteiger partial charge in [0.1, 0.15) is 18.5 Å². The van der Waals surface area contributed by atoms with Gasteiger partial charge in [0.05, 0.1) is 0 Å². The number of nitrogens with zero attached hydrogens (tertiary/aromatic N) is 1. The first-order valence-corrected chi connectivity index (χ1v) is 12.5. The predicted octanol–water partition coefficient (Wildman–Crippen LogP) is 4.19. The summed E-state index contributed by atoms with van der Waals surface area (Å²) in [5.41, 5.74) is 4.04. The van der Waals surface area contributed by atoms with Gasteiger partial charge in [0, 0.05) is 45.3 Å². The monoisotopic (exact) mass is 453 g/mol.